The summed E-state index contributed by atoms with van der Waals surface area (Å²) in [5.74, 6) is 0.187. The monoisotopic (exact) mass is 401 g/mol. The van der Waals surface area contributed by atoms with Crippen molar-refractivity contribution < 1.29 is 14.7 Å². The Kier molecular flexibility index (Phi) is 6.35. The maximum atomic E-state index is 12.9. The summed E-state index contributed by atoms with van der Waals surface area (Å²) in [6.07, 6.45) is 3.97. The van der Waals surface area contributed by atoms with Crippen LogP contribution in [0.2, 0.25) is 0 Å². The van der Waals surface area contributed by atoms with Crippen LogP contribution in [0, 0.1) is 11.3 Å². The highest BCUT2D eigenvalue weighted by molar-refractivity contribution is 5.94. The topological polar surface area (TPSA) is 133 Å². The molecule has 4 rings (SSSR count). The van der Waals surface area contributed by atoms with Gasteiger partial charge in [-0.3, -0.25) is 14.6 Å². The summed E-state index contributed by atoms with van der Waals surface area (Å²) < 4.78 is 0. The van der Waals surface area contributed by atoms with E-state index in [4.69, 9.17) is 15.6 Å². The molecule has 0 spiro atoms. The number of anilines is 1. The minimum atomic E-state index is -0.250. The van der Waals surface area contributed by atoms with Crippen molar-refractivity contribution in [3.8, 4) is 17.2 Å². The number of hydrogen-bond donors (Lipinski definition) is 2. The number of nitriles is 1. The van der Waals surface area contributed by atoms with Gasteiger partial charge in [-0.25, -0.2) is 4.98 Å². The van der Waals surface area contributed by atoms with E-state index in [0.717, 1.165) is 22.4 Å². The Labute approximate surface area is 173 Å². The molecule has 3 N–H and O–H groups in total. The third-order valence-electron chi connectivity index (χ3n) is 4.75. The lowest BCUT2D eigenvalue weighted by molar-refractivity contribution is -0.122. The van der Waals surface area contributed by atoms with Gasteiger partial charge in [-0.1, -0.05) is 24.3 Å². The molecule has 0 fully saturated rings. The van der Waals surface area contributed by atoms with Crippen LogP contribution < -0.4 is 5.73 Å². The quantitative estimate of drug-likeness (QED) is 0.630. The van der Waals surface area contributed by atoms with Gasteiger partial charge in [0, 0.05) is 54.2 Å². The Morgan fingerprint density at radius 2 is 1.97 bits per heavy atom. The Hall–Kier alpha value is -4.25. The van der Waals surface area contributed by atoms with Crippen LogP contribution in [0.4, 0.5) is 5.82 Å². The Balaban J connectivity index is 0.000000806. The molecule has 1 aliphatic heterocycles. The molecule has 0 bridgehead atoms. The van der Waals surface area contributed by atoms with Crippen molar-refractivity contribution in [1.29, 1.82) is 5.26 Å². The second-order valence-corrected chi connectivity index (χ2v) is 6.47. The molecular weight excluding hydrogens is 382 g/mol. The average molecular weight is 401 g/mol. The van der Waals surface area contributed by atoms with E-state index in [1.807, 2.05) is 42.5 Å². The van der Waals surface area contributed by atoms with Crippen LogP contribution >= 0.6 is 0 Å². The van der Waals surface area contributed by atoms with E-state index in [1.165, 1.54) is 0 Å². The molecule has 0 saturated heterocycles. The maximum Gasteiger partial charge on any atom is 0.290 e. The Morgan fingerprint density at radius 1 is 1.23 bits per heavy atom. The average Bonchev–Trinajstić information content (AvgIpc) is 2.79. The van der Waals surface area contributed by atoms with Crippen molar-refractivity contribution in [2.45, 2.75) is 13.0 Å². The first-order valence-corrected chi connectivity index (χ1v) is 9.14. The number of carbonyl (C=O) groups excluding carboxylic acids is 1. The van der Waals surface area contributed by atoms with Crippen molar-refractivity contribution in [3.05, 3.63) is 77.2 Å². The van der Waals surface area contributed by atoms with E-state index in [-0.39, 0.29) is 18.2 Å². The third kappa shape index (κ3) is 4.10. The molecule has 30 heavy (non-hydrogen) atoms. The predicted molar refractivity (Wildman–Crippen MR) is 110 cm³/mol. The summed E-state index contributed by atoms with van der Waals surface area (Å²) in [5.41, 5.74) is 10.2. The molecule has 8 nitrogen and oxygen atoms in total. The van der Waals surface area contributed by atoms with Gasteiger partial charge in [0.25, 0.3) is 12.4 Å². The minimum absolute atomic E-state index is 0.0336. The molecule has 3 aromatic rings. The van der Waals surface area contributed by atoms with Crippen molar-refractivity contribution in [2.75, 3.05) is 12.3 Å². The van der Waals surface area contributed by atoms with Crippen LogP contribution in [0.5, 0.6) is 0 Å². The second-order valence-electron chi connectivity index (χ2n) is 6.47. The van der Waals surface area contributed by atoms with Crippen LogP contribution in [0.1, 0.15) is 27.2 Å². The van der Waals surface area contributed by atoms with Gasteiger partial charge >= 0.3 is 0 Å². The lowest BCUT2D eigenvalue weighted by atomic mass is 9.91. The lowest BCUT2D eigenvalue weighted by Gasteiger charge is -2.30. The number of amides is 1. The fraction of sp³-hybridized carbons (Fsp3) is 0.136. The molecule has 8 heteroatoms. The number of rotatable bonds is 2. The number of aromatic nitrogens is 2. The molecule has 0 unspecified atom stereocenters. The summed E-state index contributed by atoms with van der Waals surface area (Å²) in [7, 11) is 0. The van der Waals surface area contributed by atoms with Gasteiger partial charge in [0.2, 0.25) is 0 Å². The van der Waals surface area contributed by atoms with E-state index >= 15 is 0 Å². The standard InChI is InChI=1S/C21H17N5O.CH2O2/c22-11-16-19(15-7-4-9-24-12-15)17-13-26(10-8-18(17)25-20(16)23)21(27)14-5-2-1-3-6-14;2-1-3/h1-7,9,12H,8,10,13H2,(H2,23,25);1H,(H,2,3). The maximum absolute atomic E-state index is 12.9. The number of nitrogen functional groups attached to an aromatic ring is 1. The molecule has 0 saturated carbocycles. The molecule has 0 radical (unpaired) electrons. The number of pyridine rings is 2. The zero-order chi connectivity index (χ0) is 21.5. The molecule has 3 heterocycles. The van der Waals surface area contributed by atoms with E-state index in [9.17, 15) is 10.1 Å². The van der Waals surface area contributed by atoms with Crippen molar-refractivity contribution in [3.63, 3.8) is 0 Å². The highest BCUT2D eigenvalue weighted by Crippen LogP contribution is 2.35. The Morgan fingerprint density at radius 3 is 2.60 bits per heavy atom. The van der Waals surface area contributed by atoms with Crippen molar-refractivity contribution in [2.24, 2.45) is 0 Å². The fourth-order valence-electron chi connectivity index (χ4n) is 3.46. The number of nitrogens with zero attached hydrogens (tertiary/aromatic N) is 4. The third-order valence-corrected chi connectivity index (χ3v) is 4.75. The van der Waals surface area contributed by atoms with Gasteiger partial charge < -0.3 is 15.7 Å². The molecule has 1 aromatic carbocycles. The molecule has 0 aliphatic carbocycles. The summed E-state index contributed by atoms with van der Waals surface area (Å²) >= 11 is 0. The van der Waals surface area contributed by atoms with Crippen LogP contribution in [0.15, 0.2) is 54.9 Å². The summed E-state index contributed by atoms with van der Waals surface area (Å²) in [4.78, 5) is 31.6. The van der Waals surface area contributed by atoms with Crippen LogP contribution in [0.25, 0.3) is 11.1 Å². The molecule has 1 amide bonds. The number of benzene rings is 1. The molecule has 0 atom stereocenters. The van der Waals surface area contributed by atoms with Crippen molar-refractivity contribution >= 4 is 18.2 Å². The van der Waals surface area contributed by atoms with E-state index in [0.29, 0.717) is 30.6 Å². The number of carboxylic acid groups (broad SMARTS) is 1. The first-order chi connectivity index (χ1) is 14.6. The lowest BCUT2D eigenvalue weighted by Crippen LogP contribution is -2.37. The van der Waals surface area contributed by atoms with Crippen molar-refractivity contribution in [1.82, 2.24) is 14.9 Å². The zero-order valence-electron chi connectivity index (χ0n) is 16.0. The molecular formula is C22H19N5O3. The van der Waals surface area contributed by atoms with Gasteiger partial charge in [0.15, 0.2) is 0 Å². The molecule has 150 valence electrons. The van der Waals surface area contributed by atoms with E-state index in [2.05, 4.69) is 16.0 Å². The van der Waals surface area contributed by atoms with Gasteiger partial charge in [0.05, 0.1) is 5.69 Å². The highest BCUT2D eigenvalue weighted by atomic mass is 16.3. The largest absolute Gasteiger partial charge is 0.483 e. The van der Waals surface area contributed by atoms with E-state index in [1.54, 1.807) is 17.3 Å². The minimum Gasteiger partial charge on any atom is -0.483 e. The van der Waals surface area contributed by atoms with E-state index < -0.39 is 0 Å². The number of hydrogen-bond acceptors (Lipinski definition) is 6. The van der Waals surface area contributed by atoms with Gasteiger partial charge in [0.1, 0.15) is 17.5 Å². The second kappa shape index (κ2) is 9.30. The van der Waals surface area contributed by atoms with Gasteiger partial charge in [-0.2, -0.15) is 5.26 Å². The van der Waals surface area contributed by atoms with Crippen LogP contribution in [-0.4, -0.2) is 38.9 Å². The first kappa shape index (κ1) is 20.5. The van der Waals surface area contributed by atoms with Crippen LogP contribution in [0.3, 0.4) is 0 Å². The summed E-state index contributed by atoms with van der Waals surface area (Å²) in [5, 5.41) is 16.5. The summed E-state index contributed by atoms with van der Waals surface area (Å²) in [6.45, 7) is 0.695. The Bertz CT molecular complexity index is 1100. The molecule has 1 aliphatic rings. The van der Waals surface area contributed by atoms with Gasteiger partial charge in [-0.15, -0.1) is 0 Å². The SMILES string of the molecule is N#Cc1c(N)nc2c(c1-c1cccnc1)CN(C(=O)c1ccccc1)CC2.O=CO. The molecule has 2 aromatic heterocycles. The van der Waals surface area contributed by atoms with Crippen LogP contribution in [-0.2, 0) is 17.8 Å². The smallest absolute Gasteiger partial charge is 0.290 e. The van der Waals surface area contributed by atoms with Gasteiger partial charge in [-0.05, 0) is 18.2 Å². The number of fused-ring (bicyclic) bond motifs is 1. The predicted octanol–water partition coefficient (Wildman–Crippen LogP) is 2.50. The normalized spacial score (nSPS) is 12.0. The first-order valence-electron chi connectivity index (χ1n) is 9.14. The number of carbonyl (C=O) groups is 2. The highest BCUT2D eigenvalue weighted by Gasteiger charge is 2.28. The number of nitrogens with two attached hydrogens (primary N) is 1. The zero-order valence-corrected chi connectivity index (χ0v) is 16.0. The summed E-state index contributed by atoms with van der Waals surface area (Å²) in [6, 6.07) is 15.1. The fourth-order valence-corrected chi connectivity index (χ4v) is 3.46.